The van der Waals surface area contributed by atoms with E-state index < -0.39 is 0 Å². The van der Waals surface area contributed by atoms with Gasteiger partial charge in [-0.25, -0.2) is 4.79 Å². The van der Waals surface area contributed by atoms with Crippen molar-refractivity contribution in [2.24, 2.45) is 0 Å². The smallest absolute Gasteiger partial charge is 0.318 e. The summed E-state index contributed by atoms with van der Waals surface area (Å²) in [7, 11) is 1.67. The zero-order valence-corrected chi connectivity index (χ0v) is 22.2. The number of ether oxygens (including phenoxy) is 1. The second-order valence-electron chi connectivity index (χ2n) is 9.72. The Hall–Kier alpha value is -3.36. The summed E-state index contributed by atoms with van der Waals surface area (Å²) in [6.45, 7) is 5.34. The highest BCUT2D eigenvalue weighted by atomic mass is 32.1. The molecule has 1 saturated heterocycles. The van der Waals surface area contributed by atoms with E-state index in [0.29, 0.717) is 32.7 Å². The van der Waals surface area contributed by atoms with Gasteiger partial charge in [-0.3, -0.25) is 9.69 Å². The molecule has 0 unspecified atom stereocenters. The van der Waals surface area contributed by atoms with Crippen molar-refractivity contribution in [3.05, 3.63) is 87.6 Å². The van der Waals surface area contributed by atoms with Crippen LogP contribution in [-0.4, -0.2) is 72.5 Å². The zero-order valence-electron chi connectivity index (χ0n) is 21.4. The molecule has 5 rings (SSSR count). The van der Waals surface area contributed by atoms with Crippen molar-refractivity contribution in [2.75, 3.05) is 39.8 Å². The number of methoxy groups -OCH3 is 1. The molecular weight excluding hydrogens is 484 g/mol. The van der Waals surface area contributed by atoms with Gasteiger partial charge in [0.2, 0.25) is 5.91 Å². The van der Waals surface area contributed by atoms with Crippen molar-refractivity contribution in [3.63, 3.8) is 0 Å². The third-order valence-electron chi connectivity index (χ3n) is 7.36. The standard InChI is InChI=1S/C29H34N4O3S/c1-21-19-31(15-16-33(21)29(35)30-18-22-6-4-3-5-7-22)27(34)20-32-14-12-26-25(13-17-37-26)28(32)23-8-10-24(36-2)11-9-23/h3-11,13,17,21,28H,12,14-16,18-20H2,1-2H3,(H,30,35)/t21-,28+/m0/s1. The van der Waals surface area contributed by atoms with E-state index in [0.717, 1.165) is 24.3 Å². The number of carbonyl (C=O) groups is 2. The average molecular weight is 519 g/mol. The van der Waals surface area contributed by atoms with Crippen LogP contribution in [0.3, 0.4) is 0 Å². The lowest BCUT2D eigenvalue weighted by Gasteiger charge is -2.41. The molecule has 2 aliphatic heterocycles. The van der Waals surface area contributed by atoms with Gasteiger partial charge in [0.25, 0.3) is 0 Å². The van der Waals surface area contributed by atoms with E-state index in [9.17, 15) is 9.59 Å². The largest absolute Gasteiger partial charge is 0.497 e. The van der Waals surface area contributed by atoms with E-state index in [1.54, 1.807) is 18.4 Å². The highest BCUT2D eigenvalue weighted by Gasteiger charge is 2.34. The fourth-order valence-corrected chi connectivity index (χ4v) is 6.25. The number of rotatable bonds is 6. The first-order valence-corrected chi connectivity index (χ1v) is 13.7. The van der Waals surface area contributed by atoms with Gasteiger partial charge in [0, 0.05) is 43.6 Å². The molecule has 7 nitrogen and oxygen atoms in total. The molecule has 3 amide bonds. The fraction of sp³-hybridized carbons (Fsp3) is 0.379. The van der Waals surface area contributed by atoms with Crippen molar-refractivity contribution in [1.29, 1.82) is 0 Å². The number of fused-ring (bicyclic) bond motifs is 1. The normalized spacial score (nSPS) is 19.8. The molecule has 0 saturated carbocycles. The molecule has 194 valence electrons. The Morgan fingerprint density at radius 1 is 1.03 bits per heavy atom. The third-order valence-corrected chi connectivity index (χ3v) is 8.36. The topological polar surface area (TPSA) is 65.1 Å². The summed E-state index contributed by atoms with van der Waals surface area (Å²) < 4.78 is 5.35. The number of amides is 3. The Bertz CT molecular complexity index is 1210. The zero-order chi connectivity index (χ0) is 25.8. The Balaban J connectivity index is 1.21. The summed E-state index contributed by atoms with van der Waals surface area (Å²) in [5, 5.41) is 5.16. The van der Waals surface area contributed by atoms with Crippen LogP contribution >= 0.6 is 11.3 Å². The molecule has 3 aromatic rings. The van der Waals surface area contributed by atoms with E-state index in [1.165, 1.54) is 16.0 Å². The van der Waals surface area contributed by atoms with Crippen LogP contribution in [0.15, 0.2) is 66.0 Å². The van der Waals surface area contributed by atoms with Gasteiger partial charge in [-0.1, -0.05) is 42.5 Å². The van der Waals surface area contributed by atoms with Crippen molar-refractivity contribution in [2.45, 2.75) is 32.0 Å². The van der Waals surface area contributed by atoms with Crippen LogP contribution in [0.25, 0.3) is 0 Å². The number of hydrogen-bond donors (Lipinski definition) is 1. The Kier molecular flexibility index (Phi) is 7.76. The molecule has 2 aliphatic rings. The van der Waals surface area contributed by atoms with Gasteiger partial charge in [-0.15, -0.1) is 11.3 Å². The number of thiophene rings is 1. The number of urea groups is 1. The SMILES string of the molecule is COc1ccc([C@@H]2c3ccsc3CCN2CC(=O)N2CCN(C(=O)NCc3ccccc3)[C@@H](C)C2)cc1. The van der Waals surface area contributed by atoms with Crippen LogP contribution in [-0.2, 0) is 17.8 Å². The van der Waals surface area contributed by atoms with E-state index >= 15 is 0 Å². The van der Waals surface area contributed by atoms with Crippen molar-refractivity contribution < 1.29 is 14.3 Å². The third kappa shape index (κ3) is 5.65. The molecule has 0 bridgehead atoms. The van der Waals surface area contributed by atoms with Gasteiger partial charge in [0.15, 0.2) is 0 Å². The van der Waals surface area contributed by atoms with Crippen LogP contribution in [0, 0.1) is 0 Å². The monoisotopic (exact) mass is 518 g/mol. The van der Waals surface area contributed by atoms with Crippen LogP contribution in [0.1, 0.15) is 34.5 Å². The fourth-order valence-electron chi connectivity index (χ4n) is 5.35. The van der Waals surface area contributed by atoms with Gasteiger partial charge < -0.3 is 19.9 Å². The minimum absolute atomic E-state index is 0.0457. The quantitative estimate of drug-likeness (QED) is 0.533. The predicted octanol–water partition coefficient (Wildman–Crippen LogP) is 4.15. The molecule has 0 radical (unpaired) electrons. The van der Waals surface area contributed by atoms with Crippen molar-refractivity contribution in [1.82, 2.24) is 20.0 Å². The highest BCUT2D eigenvalue weighted by Crippen LogP contribution is 2.38. The number of nitrogens with zero attached hydrogens (tertiary/aromatic N) is 3. The Labute approximate surface area is 222 Å². The summed E-state index contributed by atoms with van der Waals surface area (Å²) in [6.07, 6.45) is 0.957. The lowest BCUT2D eigenvalue weighted by atomic mass is 9.93. The summed E-state index contributed by atoms with van der Waals surface area (Å²) in [6, 6.07) is 20.2. The maximum Gasteiger partial charge on any atom is 0.318 e. The maximum atomic E-state index is 13.5. The van der Waals surface area contributed by atoms with Gasteiger partial charge >= 0.3 is 6.03 Å². The van der Waals surface area contributed by atoms with E-state index in [2.05, 4.69) is 33.8 Å². The Morgan fingerprint density at radius 2 is 1.81 bits per heavy atom. The van der Waals surface area contributed by atoms with Crippen LogP contribution < -0.4 is 10.1 Å². The summed E-state index contributed by atoms with van der Waals surface area (Å²) >= 11 is 1.80. The van der Waals surface area contributed by atoms with Crippen LogP contribution in [0.2, 0.25) is 0 Å². The lowest BCUT2D eigenvalue weighted by Crippen LogP contribution is -2.58. The molecule has 37 heavy (non-hydrogen) atoms. The number of hydrogen-bond acceptors (Lipinski definition) is 5. The number of piperazine rings is 1. The van der Waals surface area contributed by atoms with Gasteiger partial charge in [0.05, 0.1) is 19.7 Å². The molecular formula is C29H34N4O3S. The van der Waals surface area contributed by atoms with E-state index in [4.69, 9.17) is 4.74 Å². The molecule has 1 aromatic heterocycles. The molecule has 8 heteroatoms. The molecule has 0 aliphatic carbocycles. The molecule has 3 heterocycles. The van der Waals surface area contributed by atoms with Crippen LogP contribution in [0.5, 0.6) is 5.75 Å². The van der Waals surface area contributed by atoms with Gasteiger partial charge in [-0.05, 0) is 53.6 Å². The molecule has 1 fully saturated rings. The molecule has 0 spiro atoms. The lowest BCUT2D eigenvalue weighted by molar-refractivity contribution is -0.135. The number of nitrogens with one attached hydrogen (secondary N) is 1. The Morgan fingerprint density at radius 3 is 2.54 bits per heavy atom. The van der Waals surface area contributed by atoms with Crippen LogP contribution in [0.4, 0.5) is 4.79 Å². The first-order valence-electron chi connectivity index (χ1n) is 12.8. The van der Waals surface area contributed by atoms with E-state index in [-0.39, 0.29) is 24.0 Å². The first-order chi connectivity index (χ1) is 18.0. The average Bonchev–Trinajstić information content (AvgIpc) is 3.41. The second kappa shape index (κ2) is 11.4. The minimum atomic E-state index is -0.0796. The second-order valence-corrected chi connectivity index (χ2v) is 10.7. The predicted molar refractivity (Wildman–Crippen MR) is 146 cm³/mol. The van der Waals surface area contributed by atoms with Crippen molar-refractivity contribution in [3.8, 4) is 5.75 Å². The number of carbonyl (C=O) groups excluding carboxylic acids is 2. The van der Waals surface area contributed by atoms with Gasteiger partial charge in [0.1, 0.15) is 5.75 Å². The van der Waals surface area contributed by atoms with Crippen molar-refractivity contribution >= 4 is 23.3 Å². The number of benzene rings is 2. The summed E-state index contributed by atoms with van der Waals surface area (Å²) in [5.41, 5.74) is 3.53. The first kappa shape index (κ1) is 25.3. The minimum Gasteiger partial charge on any atom is -0.497 e. The highest BCUT2D eigenvalue weighted by molar-refractivity contribution is 7.10. The van der Waals surface area contributed by atoms with Gasteiger partial charge in [-0.2, -0.15) is 0 Å². The molecule has 1 N–H and O–H groups in total. The van der Waals surface area contributed by atoms with E-state index in [1.807, 2.05) is 59.2 Å². The molecule has 2 atom stereocenters. The summed E-state index contributed by atoms with van der Waals surface area (Å²) in [4.78, 5) is 33.7. The summed E-state index contributed by atoms with van der Waals surface area (Å²) in [5.74, 6) is 0.945. The maximum absolute atomic E-state index is 13.5. The molecule has 2 aromatic carbocycles.